The fraction of sp³-hybridized carbons (Fsp3) is 0.375. The quantitative estimate of drug-likeness (QED) is 0.309. The molecule has 0 unspecified atom stereocenters. The Morgan fingerprint density at radius 1 is 1.41 bits per heavy atom. The minimum atomic E-state index is -0.486. The molecule has 0 saturated heterocycles. The Labute approximate surface area is 129 Å². The first kappa shape index (κ1) is 17.5. The summed E-state index contributed by atoms with van der Waals surface area (Å²) in [5.41, 5.74) is 0.375. The van der Waals surface area contributed by atoms with Crippen molar-refractivity contribution in [3.63, 3.8) is 0 Å². The summed E-state index contributed by atoms with van der Waals surface area (Å²) in [6.45, 7) is 4.81. The van der Waals surface area contributed by atoms with Gasteiger partial charge in [0.1, 0.15) is 11.6 Å². The molecule has 0 saturated carbocycles. The van der Waals surface area contributed by atoms with Crippen LogP contribution < -0.4 is 5.32 Å². The van der Waals surface area contributed by atoms with Gasteiger partial charge < -0.3 is 20.3 Å². The second-order valence-electron chi connectivity index (χ2n) is 4.95. The number of carbonyl (C=O) groups is 1. The topological polar surface area (TPSA) is 103 Å². The van der Waals surface area contributed by atoms with Gasteiger partial charge >= 0.3 is 0 Å². The fourth-order valence-electron chi connectivity index (χ4n) is 1.63. The van der Waals surface area contributed by atoms with Crippen LogP contribution in [0.25, 0.3) is 6.08 Å². The first-order chi connectivity index (χ1) is 10.4. The number of phenols is 2. The van der Waals surface area contributed by atoms with Crippen LogP contribution in [0, 0.1) is 11.3 Å². The van der Waals surface area contributed by atoms with Crippen molar-refractivity contribution in [2.75, 3.05) is 13.2 Å². The Bertz CT molecular complexity index is 588. The molecule has 3 N–H and O–H groups in total. The van der Waals surface area contributed by atoms with Crippen molar-refractivity contribution in [3.8, 4) is 17.6 Å². The molecule has 0 atom stereocenters. The summed E-state index contributed by atoms with van der Waals surface area (Å²) >= 11 is 0. The first-order valence-electron chi connectivity index (χ1n) is 6.97. The van der Waals surface area contributed by atoms with E-state index >= 15 is 0 Å². The minimum Gasteiger partial charge on any atom is -0.504 e. The molecule has 0 fully saturated rings. The van der Waals surface area contributed by atoms with Crippen molar-refractivity contribution in [1.82, 2.24) is 5.32 Å². The SMILES string of the molecule is CC(C)OCCCNC(=O)/C(C#N)=C/c1ccc(O)c(O)c1. The molecule has 0 aromatic heterocycles. The third-order valence-corrected chi connectivity index (χ3v) is 2.73. The van der Waals surface area contributed by atoms with Crippen molar-refractivity contribution >= 4 is 12.0 Å². The van der Waals surface area contributed by atoms with Crippen LogP contribution in [-0.4, -0.2) is 35.4 Å². The van der Waals surface area contributed by atoms with Crippen LogP contribution in [0.15, 0.2) is 23.8 Å². The Morgan fingerprint density at radius 3 is 2.73 bits per heavy atom. The Hall–Kier alpha value is -2.52. The average molecular weight is 304 g/mol. The van der Waals surface area contributed by atoms with Crippen molar-refractivity contribution in [1.29, 1.82) is 5.26 Å². The minimum absolute atomic E-state index is 0.0742. The van der Waals surface area contributed by atoms with Gasteiger partial charge in [-0.3, -0.25) is 4.79 Å². The molecule has 0 aliphatic heterocycles. The van der Waals surface area contributed by atoms with Crippen LogP contribution in [0.4, 0.5) is 0 Å². The highest BCUT2D eigenvalue weighted by atomic mass is 16.5. The van der Waals surface area contributed by atoms with E-state index in [0.29, 0.717) is 25.1 Å². The number of benzene rings is 1. The second-order valence-corrected chi connectivity index (χ2v) is 4.95. The van der Waals surface area contributed by atoms with E-state index in [1.165, 1.54) is 24.3 Å². The molecule has 0 aliphatic carbocycles. The molecule has 0 spiro atoms. The molecule has 22 heavy (non-hydrogen) atoms. The number of nitriles is 1. The maximum Gasteiger partial charge on any atom is 0.261 e. The highest BCUT2D eigenvalue weighted by Crippen LogP contribution is 2.25. The Kier molecular flexibility index (Phi) is 6.93. The van der Waals surface area contributed by atoms with E-state index in [9.17, 15) is 15.0 Å². The van der Waals surface area contributed by atoms with Crippen LogP contribution >= 0.6 is 0 Å². The number of amides is 1. The summed E-state index contributed by atoms with van der Waals surface area (Å²) in [4.78, 5) is 11.9. The van der Waals surface area contributed by atoms with Gasteiger partial charge in [-0.05, 0) is 44.0 Å². The number of aromatic hydroxyl groups is 2. The van der Waals surface area contributed by atoms with Crippen LogP contribution in [0.3, 0.4) is 0 Å². The van der Waals surface area contributed by atoms with Crippen molar-refractivity contribution < 1.29 is 19.7 Å². The van der Waals surface area contributed by atoms with Gasteiger partial charge in [0.05, 0.1) is 6.10 Å². The maximum atomic E-state index is 11.9. The van der Waals surface area contributed by atoms with Gasteiger partial charge in [0, 0.05) is 13.2 Å². The fourth-order valence-corrected chi connectivity index (χ4v) is 1.63. The van der Waals surface area contributed by atoms with E-state index in [4.69, 9.17) is 10.00 Å². The second kappa shape index (κ2) is 8.70. The summed E-state index contributed by atoms with van der Waals surface area (Å²) in [7, 11) is 0. The summed E-state index contributed by atoms with van der Waals surface area (Å²) in [6, 6.07) is 5.88. The Morgan fingerprint density at radius 2 is 2.14 bits per heavy atom. The van der Waals surface area contributed by atoms with Gasteiger partial charge in [-0.25, -0.2) is 0 Å². The molecule has 0 aliphatic rings. The number of nitrogens with zero attached hydrogens (tertiary/aromatic N) is 1. The molecule has 0 heterocycles. The van der Waals surface area contributed by atoms with Crippen LogP contribution in [0.2, 0.25) is 0 Å². The predicted octanol–water partition coefficient (Wildman–Crippen LogP) is 1.94. The van der Waals surface area contributed by atoms with Gasteiger partial charge in [0.25, 0.3) is 5.91 Å². The molecule has 1 rings (SSSR count). The van der Waals surface area contributed by atoms with Gasteiger partial charge in [-0.2, -0.15) is 5.26 Å². The van der Waals surface area contributed by atoms with E-state index < -0.39 is 5.91 Å². The van der Waals surface area contributed by atoms with E-state index in [2.05, 4.69) is 5.32 Å². The first-order valence-corrected chi connectivity index (χ1v) is 6.97. The molecule has 6 heteroatoms. The van der Waals surface area contributed by atoms with Crippen molar-refractivity contribution in [2.45, 2.75) is 26.4 Å². The van der Waals surface area contributed by atoms with E-state index in [1.807, 2.05) is 19.9 Å². The monoisotopic (exact) mass is 304 g/mol. The highest BCUT2D eigenvalue weighted by molar-refractivity contribution is 6.01. The smallest absolute Gasteiger partial charge is 0.261 e. The maximum absolute atomic E-state index is 11.9. The Balaban J connectivity index is 2.59. The summed E-state index contributed by atoms with van der Waals surface area (Å²) < 4.78 is 5.35. The standard InChI is InChI=1S/C16H20N2O4/c1-11(2)22-7-3-6-18-16(21)13(10-17)8-12-4-5-14(19)15(20)9-12/h4-5,8-9,11,19-20H,3,6-7H2,1-2H3,(H,18,21)/b13-8+. The number of hydrogen-bond donors (Lipinski definition) is 3. The van der Waals surface area contributed by atoms with Crippen molar-refractivity contribution in [3.05, 3.63) is 29.3 Å². The lowest BCUT2D eigenvalue weighted by molar-refractivity contribution is -0.117. The number of ether oxygens (including phenoxy) is 1. The molecule has 0 radical (unpaired) electrons. The molecule has 1 aromatic carbocycles. The van der Waals surface area contributed by atoms with Crippen LogP contribution in [0.5, 0.6) is 11.5 Å². The largest absolute Gasteiger partial charge is 0.504 e. The molecule has 1 aromatic rings. The number of hydrogen-bond acceptors (Lipinski definition) is 5. The van der Waals surface area contributed by atoms with Gasteiger partial charge in [0.15, 0.2) is 11.5 Å². The summed E-state index contributed by atoms with van der Waals surface area (Å²) in [5.74, 6) is -1.05. The number of rotatable bonds is 7. The van der Waals surface area contributed by atoms with E-state index in [1.54, 1.807) is 0 Å². The number of nitrogens with one attached hydrogen (secondary N) is 1. The van der Waals surface area contributed by atoms with Gasteiger partial charge in [0.2, 0.25) is 0 Å². The van der Waals surface area contributed by atoms with Crippen LogP contribution in [-0.2, 0) is 9.53 Å². The zero-order valence-electron chi connectivity index (χ0n) is 12.7. The molecule has 0 bridgehead atoms. The lowest BCUT2D eigenvalue weighted by atomic mass is 10.1. The molecule has 118 valence electrons. The average Bonchev–Trinajstić information content (AvgIpc) is 2.47. The summed E-state index contributed by atoms with van der Waals surface area (Å²) in [6.07, 6.45) is 2.15. The molecular formula is C16H20N2O4. The normalized spacial score (nSPS) is 11.3. The summed E-state index contributed by atoms with van der Waals surface area (Å²) in [5, 5.41) is 30.3. The lowest BCUT2D eigenvalue weighted by Gasteiger charge is -2.08. The zero-order valence-corrected chi connectivity index (χ0v) is 12.7. The lowest BCUT2D eigenvalue weighted by Crippen LogP contribution is -2.26. The number of phenolic OH excluding ortho intramolecular Hbond substituents is 2. The van der Waals surface area contributed by atoms with Gasteiger partial charge in [-0.15, -0.1) is 0 Å². The van der Waals surface area contributed by atoms with Crippen molar-refractivity contribution in [2.24, 2.45) is 0 Å². The van der Waals surface area contributed by atoms with E-state index in [-0.39, 0.29) is 23.2 Å². The molecule has 6 nitrogen and oxygen atoms in total. The highest BCUT2D eigenvalue weighted by Gasteiger charge is 2.09. The van der Waals surface area contributed by atoms with Gasteiger partial charge in [-0.1, -0.05) is 6.07 Å². The molecular weight excluding hydrogens is 284 g/mol. The number of carbonyl (C=O) groups excluding carboxylic acids is 1. The predicted molar refractivity (Wildman–Crippen MR) is 82.1 cm³/mol. The van der Waals surface area contributed by atoms with E-state index in [0.717, 1.165) is 0 Å². The zero-order chi connectivity index (χ0) is 16.5. The third-order valence-electron chi connectivity index (χ3n) is 2.73. The van der Waals surface area contributed by atoms with Crippen LogP contribution in [0.1, 0.15) is 25.8 Å². The third kappa shape index (κ3) is 5.85. The molecule has 1 amide bonds.